The highest BCUT2D eigenvalue weighted by molar-refractivity contribution is 7.99. The Morgan fingerprint density at radius 2 is 2.29 bits per heavy atom. The molecule has 0 bridgehead atoms. The van der Waals surface area contributed by atoms with E-state index in [1.54, 1.807) is 18.1 Å². The van der Waals surface area contributed by atoms with Crippen LogP contribution in [0, 0.1) is 12.3 Å². The molecule has 0 radical (unpaired) electrons. The first-order valence-corrected chi connectivity index (χ1v) is 7.98. The summed E-state index contributed by atoms with van der Waals surface area (Å²) >= 11 is 7.75. The van der Waals surface area contributed by atoms with Gasteiger partial charge in [-0.25, -0.2) is 0 Å². The molecular weight excluding hydrogens is 310 g/mol. The third-order valence-corrected chi connectivity index (χ3v) is 5.31. The van der Waals surface area contributed by atoms with Gasteiger partial charge in [0, 0.05) is 16.2 Å². The van der Waals surface area contributed by atoms with Crippen LogP contribution in [0.2, 0.25) is 5.02 Å². The maximum atomic E-state index is 9.46. The quantitative estimate of drug-likeness (QED) is 0.855. The van der Waals surface area contributed by atoms with Crippen LogP contribution in [0.15, 0.2) is 29.7 Å². The van der Waals surface area contributed by atoms with E-state index in [-0.39, 0.29) is 12.0 Å². The Hall–Kier alpha value is -1.08. The average molecular weight is 326 g/mol. The lowest BCUT2D eigenvalue weighted by molar-refractivity contribution is -0.121. The minimum Gasteiger partial charge on any atom is -0.396 e. The third kappa shape index (κ3) is 2.94. The summed E-state index contributed by atoms with van der Waals surface area (Å²) in [7, 11) is 0. The highest BCUT2D eigenvalue weighted by atomic mass is 35.5. The Morgan fingerprint density at radius 1 is 1.48 bits per heavy atom. The molecule has 0 amide bonds. The van der Waals surface area contributed by atoms with E-state index in [2.05, 4.69) is 10.2 Å². The van der Waals surface area contributed by atoms with E-state index in [4.69, 9.17) is 16.3 Å². The lowest BCUT2D eigenvalue weighted by atomic mass is 9.90. The number of nitrogens with zero attached hydrogens (tertiary/aromatic N) is 3. The maximum absolute atomic E-state index is 9.46. The van der Waals surface area contributed by atoms with Gasteiger partial charge < -0.3 is 9.84 Å². The highest BCUT2D eigenvalue weighted by Crippen LogP contribution is 2.34. The second-order valence-electron chi connectivity index (χ2n) is 5.36. The van der Waals surface area contributed by atoms with Crippen molar-refractivity contribution in [3.05, 3.63) is 35.1 Å². The van der Waals surface area contributed by atoms with Gasteiger partial charge in [0.25, 0.3) is 0 Å². The normalized spacial score (nSPS) is 16.7. The van der Waals surface area contributed by atoms with Crippen LogP contribution < -0.4 is 0 Å². The van der Waals surface area contributed by atoms with Crippen molar-refractivity contribution in [3.63, 3.8) is 0 Å². The Morgan fingerprint density at radius 3 is 2.90 bits per heavy atom. The van der Waals surface area contributed by atoms with E-state index in [9.17, 15) is 5.11 Å². The molecule has 112 valence electrons. The molecule has 21 heavy (non-hydrogen) atoms. The Bertz CT molecular complexity index is 637. The summed E-state index contributed by atoms with van der Waals surface area (Å²) in [5, 5.41) is 19.1. The Balaban J connectivity index is 1.79. The Labute approximate surface area is 132 Å². The zero-order valence-electron chi connectivity index (χ0n) is 11.6. The van der Waals surface area contributed by atoms with Crippen LogP contribution in [0.25, 0.3) is 5.69 Å². The molecule has 1 aliphatic rings. The second kappa shape index (κ2) is 5.96. The number of benzene rings is 1. The lowest BCUT2D eigenvalue weighted by Gasteiger charge is -2.39. The highest BCUT2D eigenvalue weighted by Gasteiger charge is 2.38. The topological polar surface area (TPSA) is 60.2 Å². The van der Waals surface area contributed by atoms with E-state index in [1.807, 2.05) is 29.7 Å². The molecule has 0 spiro atoms. The maximum Gasteiger partial charge on any atom is 0.195 e. The van der Waals surface area contributed by atoms with Crippen LogP contribution in [0.1, 0.15) is 5.56 Å². The molecule has 1 aliphatic heterocycles. The third-order valence-electron chi connectivity index (χ3n) is 3.61. The van der Waals surface area contributed by atoms with E-state index < -0.39 is 0 Å². The number of aliphatic hydroxyl groups is 1. The van der Waals surface area contributed by atoms with Crippen molar-refractivity contribution >= 4 is 23.4 Å². The molecule has 2 aromatic rings. The monoisotopic (exact) mass is 325 g/mol. The van der Waals surface area contributed by atoms with E-state index in [1.165, 1.54) is 0 Å². The number of aryl methyl sites for hydroxylation is 1. The van der Waals surface area contributed by atoms with Crippen molar-refractivity contribution in [2.75, 3.05) is 25.6 Å². The largest absolute Gasteiger partial charge is 0.396 e. The summed E-state index contributed by atoms with van der Waals surface area (Å²) in [6.07, 6.45) is 1.67. The van der Waals surface area contributed by atoms with Crippen LogP contribution in [0.4, 0.5) is 0 Å². The summed E-state index contributed by atoms with van der Waals surface area (Å²) < 4.78 is 7.11. The van der Waals surface area contributed by atoms with Gasteiger partial charge in [-0.1, -0.05) is 29.4 Å². The number of thioether (sulfide) groups is 1. The molecule has 1 fully saturated rings. The predicted molar refractivity (Wildman–Crippen MR) is 82.2 cm³/mol. The van der Waals surface area contributed by atoms with Crippen molar-refractivity contribution < 1.29 is 9.84 Å². The fourth-order valence-corrected chi connectivity index (χ4v) is 3.32. The smallest absolute Gasteiger partial charge is 0.195 e. The van der Waals surface area contributed by atoms with Crippen molar-refractivity contribution in [2.24, 2.45) is 5.41 Å². The van der Waals surface area contributed by atoms with Crippen molar-refractivity contribution in [2.45, 2.75) is 12.1 Å². The summed E-state index contributed by atoms with van der Waals surface area (Å²) in [5.41, 5.74) is 1.82. The first-order chi connectivity index (χ1) is 10.1. The molecule has 1 aromatic heterocycles. The van der Waals surface area contributed by atoms with E-state index >= 15 is 0 Å². The minimum absolute atomic E-state index is 0.129. The van der Waals surface area contributed by atoms with Gasteiger partial charge in [0.15, 0.2) is 5.16 Å². The molecule has 0 atom stereocenters. The molecule has 0 aliphatic carbocycles. The fourth-order valence-electron chi connectivity index (χ4n) is 2.06. The lowest BCUT2D eigenvalue weighted by Crippen LogP contribution is -2.47. The second-order valence-corrected chi connectivity index (χ2v) is 6.71. The number of hydrogen-bond acceptors (Lipinski definition) is 5. The number of hydrogen-bond donors (Lipinski definition) is 1. The zero-order valence-corrected chi connectivity index (χ0v) is 13.2. The molecule has 1 N–H and O–H groups in total. The van der Waals surface area contributed by atoms with Crippen LogP contribution in [0.3, 0.4) is 0 Å². The number of halogens is 1. The summed E-state index contributed by atoms with van der Waals surface area (Å²) in [5.74, 6) is 0.752. The van der Waals surface area contributed by atoms with Crippen LogP contribution in [0.5, 0.6) is 0 Å². The van der Waals surface area contributed by atoms with E-state index in [0.29, 0.717) is 13.2 Å². The van der Waals surface area contributed by atoms with Gasteiger partial charge >= 0.3 is 0 Å². The van der Waals surface area contributed by atoms with Gasteiger partial charge in [-0.05, 0) is 24.6 Å². The van der Waals surface area contributed by atoms with Crippen molar-refractivity contribution in [1.82, 2.24) is 14.8 Å². The molecule has 2 heterocycles. The number of ether oxygens (including phenoxy) is 1. The molecule has 0 saturated carbocycles. The van der Waals surface area contributed by atoms with E-state index in [0.717, 1.165) is 27.2 Å². The molecule has 7 heteroatoms. The fraction of sp³-hybridized carbons (Fsp3) is 0.429. The molecule has 5 nitrogen and oxygen atoms in total. The summed E-state index contributed by atoms with van der Waals surface area (Å²) in [4.78, 5) is 0. The van der Waals surface area contributed by atoms with Gasteiger partial charge in [0.1, 0.15) is 6.33 Å². The first kappa shape index (κ1) is 14.8. The predicted octanol–water partition coefficient (Wildman–Crippen LogP) is 2.33. The minimum atomic E-state index is -0.146. The molecule has 1 saturated heterocycles. The average Bonchev–Trinajstić information content (AvgIpc) is 2.90. The molecule has 0 unspecified atom stereocenters. The van der Waals surface area contributed by atoms with Crippen molar-refractivity contribution in [3.8, 4) is 5.69 Å². The number of aromatic nitrogens is 3. The summed E-state index contributed by atoms with van der Waals surface area (Å²) in [6.45, 7) is 3.29. The van der Waals surface area contributed by atoms with Gasteiger partial charge in [0.05, 0.1) is 25.5 Å². The zero-order chi connectivity index (χ0) is 14.9. The number of rotatable bonds is 5. The molecular formula is C14H16ClN3O2S. The molecule has 3 rings (SSSR count). The van der Waals surface area contributed by atoms with Gasteiger partial charge in [-0.3, -0.25) is 4.57 Å². The van der Waals surface area contributed by atoms with Crippen molar-refractivity contribution in [1.29, 1.82) is 0 Å². The number of aliphatic hydroxyl groups excluding tert-OH is 1. The van der Waals surface area contributed by atoms with Crippen LogP contribution >= 0.6 is 23.4 Å². The standard InChI is InChI=1S/C14H16ClN3O2S/c1-10-2-3-11(4-12(10)15)18-9-16-17-13(18)21-8-14(5-19)6-20-7-14/h2-4,9,19H,5-8H2,1H3. The van der Waals surface area contributed by atoms with Gasteiger partial charge in [-0.2, -0.15) is 0 Å². The Kier molecular flexibility index (Phi) is 4.21. The first-order valence-electron chi connectivity index (χ1n) is 6.61. The van der Waals surface area contributed by atoms with Crippen LogP contribution in [-0.2, 0) is 4.74 Å². The van der Waals surface area contributed by atoms with Crippen LogP contribution in [-0.4, -0.2) is 45.4 Å². The SMILES string of the molecule is Cc1ccc(-n2cnnc2SCC2(CO)COC2)cc1Cl. The summed E-state index contributed by atoms with van der Waals surface area (Å²) in [6, 6.07) is 5.86. The molecule has 1 aromatic carbocycles. The van der Waals surface area contributed by atoms with Gasteiger partial charge in [0.2, 0.25) is 0 Å². The van der Waals surface area contributed by atoms with Gasteiger partial charge in [-0.15, -0.1) is 10.2 Å².